The van der Waals surface area contributed by atoms with E-state index in [-0.39, 0.29) is 11.2 Å². The molecule has 0 aromatic heterocycles. The van der Waals surface area contributed by atoms with Crippen molar-refractivity contribution in [1.82, 2.24) is 0 Å². The summed E-state index contributed by atoms with van der Waals surface area (Å²) >= 11 is 1.41. The van der Waals surface area contributed by atoms with Gasteiger partial charge in [-0.2, -0.15) is 0 Å². The standard InChI is InChI=1S/C7H12O2S/c1-5-7(3-4-9-5)10-6(2)8/h5,7H,3-4H2,1-2H3. The van der Waals surface area contributed by atoms with Crippen LogP contribution in [0.1, 0.15) is 20.3 Å². The summed E-state index contributed by atoms with van der Waals surface area (Å²) in [4.78, 5) is 10.7. The lowest BCUT2D eigenvalue weighted by atomic mass is 10.3. The largest absolute Gasteiger partial charge is 0.377 e. The SMILES string of the molecule is CC(=O)SC1CCOC1C. The summed E-state index contributed by atoms with van der Waals surface area (Å²) in [6.07, 6.45) is 1.28. The summed E-state index contributed by atoms with van der Waals surface area (Å²) in [5.41, 5.74) is 0. The van der Waals surface area contributed by atoms with Gasteiger partial charge in [-0.05, 0) is 13.3 Å². The Hall–Kier alpha value is -0.0200. The summed E-state index contributed by atoms with van der Waals surface area (Å²) in [7, 11) is 0. The van der Waals surface area contributed by atoms with Crippen LogP contribution in [0.25, 0.3) is 0 Å². The van der Waals surface area contributed by atoms with Crippen LogP contribution in [0.3, 0.4) is 0 Å². The fourth-order valence-electron chi connectivity index (χ4n) is 1.08. The number of carbonyl (C=O) groups is 1. The third-order valence-corrected chi connectivity index (χ3v) is 2.88. The van der Waals surface area contributed by atoms with Gasteiger partial charge in [0.15, 0.2) is 5.12 Å². The van der Waals surface area contributed by atoms with E-state index in [0.29, 0.717) is 5.25 Å². The molecule has 0 N–H and O–H groups in total. The predicted molar refractivity (Wildman–Crippen MR) is 42.1 cm³/mol. The molecule has 0 aromatic carbocycles. The van der Waals surface area contributed by atoms with Gasteiger partial charge in [0.1, 0.15) is 0 Å². The summed E-state index contributed by atoms with van der Waals surface area (Å²) in [6.45, 7) is 4.44. The second kappa shape index (κ2) is 3.39. The lowest BCUT2D eigenvalue weighted by molar-refractivity contribution is -0.109. The topological polar surface area (TPSA) is 26.3 Å². The molecule has 1 heterocycles. The molecule has 0 aliphatic carbocycles. The highest BCUT2D eigenvalue weighted by Gasteiger charge is 2.25. The minimum absolute atomic E-state index is 0.197. The van der Waals surface area contributed by atoms with Crippen molar-refractivity contribution in [2.75, 3.05) is 6.61 Å². The van der Waals surface area contributed by atoms with Gasteiger partial charge >= 0.3 is 0 Å². The Bertz CT molecular complexity index is 136. The maximum atomic E-state index is 10.7. The van der Waals surface area contributed by atoms with Crippen molar-refractivity contribution in [1.29, 1.82) is 0 Å². The highest BCUT2D eigenvalue weighted by molar-refractivity contribution is 8.14. The van der Waals surface area contributed by atoms with E-state index in [9.17, 15) is 4.79 Å². The van der Waals surface area contributed by atoms with Gasteiger partial charge in [-0.3, -0.25) is 4.79 Å². The molecule has 1 fully saturated rings. The first kappa shape index (κ1) is 8.08. The molecule has 2 atom stereocenters. The van der Waals surface area contributed by atoms with Gasteiger partial charge in [-0.25, -0.2) is 0 Å². The monoisotopic (exact) mass is 160 g/mol. The van der Waals surface area contributed by atoms with E-state index >= 15 is 0 Å². The summed E-state index contributed by atoms with van der Waals surface area (Å²) in [5.74, 6) is 0. The zero-order chi connectivity index (χ0) is 7.56. The van der Waals surface area contributed by atoms with Crippen LogP contribution in [0.4, 0.5) is 0 Å². The van der Waals surface area contributed by atoms with E-state index in [1.165, 1.54) is 11.8 Å². The number of hydrogen-bond acceptors (Lipinski definition) is 3. The van der Waals surface area contributed by atoms with Gasteiger partial charge in [0.05, 0.1) is 6.10 Å². The molecule has 1 rings (SSSR count). The highest BCUT2D eigenvalue weighted by Crippen LogP contribution is 2.26. The highest BCUT2D eigenvalue weighted by atomic mass is 32.2. The molecule has 1 aliphatic rings. The molecule has 0 radical (unpaired) electrons. The van der Waals surface area contributed by atoms with E-state index in [0.717, 1.165) is 13.0 Å². The molecule has 0 aromatic rings. The zero-order valence-electron chi connectivity index (χ0n) is 6.29. The molecular formula is C7H12O2S. The van der Waals surface area contributed by atoms with Gasteiger partial charge in [0, 0.05) is 18.8 Å². The molecule has 1 saturated heterocycles. The van der Waals surface area contributed by atoms with Gasteiger partial charge in [0.2, 0.25) is 0 Å². The second-order valence-electron chi connectivity index (χ2n) is 2.51. The lowest BCUT2D eigenvalue weighted by Crippen LogP contribution is -2.14. The number of rotatable bonds is 1. The maximum absolute atomic E-state index is 10.7. The molecule has 0 saturated carbocycles. The zero-order valence-corrected chi connectivity index (χ0v) is 7.11. The van der Waals surface area contributed by atoms with Crippen molar-refractivity contribution in [3.05, 3.63) is 0 Å². The third-order valence-electron chi connectivity index (χ3n) is 1.62. The fourth-order valence-corrected chi connectivity index (χ4v) is 1.99. The van der Waals surface area contributed by atoms with Crippen LogP contribution in [0.2, 0.25) is 0 Å². The normalized spacial score (nSPS) is 32.6. The maximum Gasteiger partial charge on any atom is 0.186 e. The van der Waals surface area contributed by atoms with E-state index in [4.69, 9.17) is 4.74 Å². The van der Waals surface area contributed by atoms with Crippen molar-refractivity contribution >= 4 is 16.9 Å². The Morgan fingerprint density at radius 3 is 2.80 bits per heavy atom. The molecule has 2 nitrogen and oxygen atoms in total. The first-order valence-corrected chi connectivity index (χ1v) is 4.37. The fraction of sp³-hybridized carbons (Fsp3) is 0.857. The van der Waals surface area contributed by atoms with Crippen molar-refractivity contribution in [2.45, 2.75) is 31.6 Å². The van der Waals surface area contributed by atoms with Crippen LogP contribution in [0, 0.1) is 0 Å². The smallest absolute Gasteiger partial charge is 0.186 e. The van der Waals surface area contributed by atoms with Gasteiger partial charge < -0.3 is 4.74 Å². The molecule has 0 bridgehead atoms. The number of thioether (sulfide) groups is 1. The molecular weight excluding hydrogens is 148 g/mol. The minimum Gasteiger partial charge on any atom is -0.377 e. The van der Waals surface area contributed by atoms with Crippen LogP contribution >= 0.6 is 11.8 Å². The molecule has 2 unspecified atom stereocenters. The minimum atomic E-state index is 0.197. The van der Waals surface area contributed by atoms with Gasteiger partial charge in [-0.1, -0.05) is 11.8 Å². The van der Waals surface area contributed by atoms with Crippen LogP contribution in [0.5, 0.6) is 0 Å². The summed E-state index contributed by atoms with van der Waals surface area (Å²) in [5, 5.41) is 0.597. The third kappa shape index (κ3) is 1.99. The summed E-state index contributed by atoms with van der Waals surface area (Å²) < 4.78 is 5.29. The van der Waals surface area contributed by atoms with E-state index in [1.807, 2.05) is 6.92 Å². The predicted octanol–water partition coefficient (Wildman–Crippen LogP) is 1.44. The Morgan fingerprint density at radius 1 is 1.70 bits per heavy atom. The number of hydrogen-bond donors (Lipinski definition) is 0. The lowest BCUT2D eigenvalue weighted by Gasteiger charge is -2.09. The van der Waals surface area contributed by atoms with Crippen LogP contribution in [-0.2, 0) is 9.53 Å². The van der Waals surface area contributed by atoms with E-state index < -0.39 is 0 Å². The number of ether oxygens (including phenoxy) is 1. The van der Waals surface area contributed by atoms with Crippen molar-refractivity contribution in [2.24, 2.45) is 0 Å². The Morgan fingerprint density at radius 2 is 2.40 bits per heavy atom. The van der Waals surface area contributed by atoms with Crippen molar-refractivity contribution in [3.8, 4) is 0 Å². The first-order valence-electron chi connectivity index (χ1n) is 3.49. The van der Waals surface area contributed by atoms with Gasteiger partial charge in [-0.15, -0.1) is 0 Å². The Balaban J connectivity index is 2.33. The quantitative estimate of drug-likeness (QED) is 0.580. The van der Waals surface area contributed by atoms with Crippen LogP contribution < -0.4 is 0 Å². The molecule has 0 spiro atoms. The van der Waals surface area contributed by atoms with Crippen LogP contribution in [0.15, 0.2) is 0 Å². The van der Waals surface area contributed by atoms with E-state index in [2.05, 4.69) is 0 Å². The molecule has 0 amide bonds. The molecule has 58 valence electrons. The average molecular weight is 160 g/mol. The number of carbonyl (C=O) groups excluding carboxylic acids is 1. The average Bonchev–Trinajstić information content (AvgIpc) is 2.15. The Labute approximate surface area is 65.3 Å². The van der Waals surface area contributed by atoms with Crippen molar-refractivity contribution in [3.63, 3.8) is 0 Å². The summed E-state index contributed by atoms with van der Waals surface area (Å²) in [6, 6.07) is 0. The van der Waals surface area contributed by atoms with Crippen molar-refractivity contribution < 1.29 is 9.53 Å². The molecule has 1 aliphatic heterocycles. The first-order chi connectivity index (χ1) is 4.70. The molecule has 3 heteroatoms. The van der Waals surface area contributed by atoms with Crippen LogP contribution in [-0.4, -0.2) is 23.1 Å². The van der Waals surface area contributed by atoms with E-state index in [1.54, 1.807) is 6.92 Å². The van der Waals surface area contributed by atoms with Gasteiger partial charge in [0.25, 0.3) is 0 Å². The Kier molecular flexibility index (Phi) is 2.74. The second-order valence-corrected chi connectivity index (χ2v) is 3.93. The molecule has 10 heavy (non-hydrogen) atoms.